The van der Waals surface area contributed by atoms with Gasteiger partial charge in [0.05, 0.1) is 11.5 Å². The highest BCUT2D eigenvalue weighted by Crippen LogP contribution is 2.12. The van der Waals surface area contributed by atoms with E-state index in [0.717, 1.165) is 3.57 Å². The maximum Gasteiger partial charge on any atom is 0.253 e. The number of carbonyl (C=O) groups excluding carboxylic acids is 1. The molecule has 1 saturated heterocycles. The quantitative estimate of drug-likeness (QED) is 0.702. The van der Waals surface area contributed by atoms with Gasteiger partial charge < -0.3 is 4.90 Å². The molecule has 92 valence electrons. The van der Waals surface area contributed by atoms with Gasteiger partial charge in [0.1, 0.15) is 0 Å². The molecule has 0 aromatic heterocycles. The first kappa shape index (κ1) is 12.8. The predicted molar refractivity (Wildman–Crippen MR) is 73.7 cm³/mol. The average Bonchev–Trinajstić information content (AvgIpc) is 2.29. The Balaban J connectivity index is 2.09. The van der Waals surface area contributed by atoms with Crippen LogP contribution < -0.4 is 0 Å². The number of sulfone groups is 1. The van der Waals surface area contributed by atoms with Crippen LogP contribution in [0.2, 0.25) is 0 Å². The van der Waals surface area contributed by atoms with Gasteiger partial charge in [0.15, 0.2) is 9.84 Å². The van der Waals surface area contributed by atoms with E-state index in [2.05, 4.69) is 22.6 Å². The van der Waals surface area contributed by atoms with Gasteiger partial charge in [-0.3, -0.25) is 4.79 Å². The fourth-order valence-electron chi connectivity index (χ4n) is 1.69. The lowest BCUT2D eigenvalue weighted by Gasteiger charge is -2.26. The molecule has 0 saturated carbocycles. The summed E-state index contributed by atoms with van der Waals surface area (Å²) >= 11 is 2.17. The molecule has 0 atom stereocenters. The van der Waals surface area contributed by atoms with Crippen LogP contribution in [0.5, 0.6) is 0 Å². The molecule has 0 N–H and O–H groups in total. The van der Waals surface area contributed by atoms with Crippen LogP contribution >= 0.6 is 22.6 Å². The van der Waals surface area contributed by atoms with E-state index < -0.39 is 9.84 Å². The molecule has 4 nitrogen and oxygen atoms in total. The molecule has 0 unspecified atom stereocenters. The number of rotatable bonds is 1. The Labute approximate surface area is 114 Å². The zero-order valence-electron chi connectivity index (χ0n) is 9.10. The van der Waals surface area contributed by atoms with Crippen molar-refractivity contribution in [3.63, 3.8) is 0 Å². The Kier molecular flexibility index (Phi) is 3.72. The van der Waals surface area contributed by atoms with E-state index in [0.29, 0.717) is 18.7 Å². The van der Waals surface area contributed by atoms with E-state index in [4.69, 9.17) is 0 Å². The van der Waals surface area contributed by atoms with Gasteiger partial charge in [-0.1, -0.05) is 0 Å². The Morgan fingerprint density at radius 1 is 1.12 bits per heavy atom. The van der Waals surface area contributed by atoms with Crippen molar-refractivity contribution < 1.29 is 13.2 Å². The fraction of sp³-hybridized carbons (Fsp3) is 0.364. The molecule has 0 radical (unpaired) electrons. The van der Waals surface area contributed by atoms with Crippen molar-refractivity contribution in [1.82, 2.24) is 4.90 Å². The highest BCUT2D eigenvalue weighted by molar-refractivity contribution is 14.1. The van der Waals surface area contributed by atoms with Crippen LogP contribution in [-0.2, 0) is 9.84 Å². The molecule has 2 rings (SSSR count). The second-order valence-corrected chi connectivity index (χ2v) is 7.50. The van der Waals surface area contributed by atoms with Gasteiger partial charge in [0, 0.05) is 22.2 Å². The van der Waals surface area contributed by atoms with E-state index in [1.54, 1.807) is 17.0 Å². The number of amides is 1. The van der Waals surface area contributed by atoms with Crippen LogP contribution in [0.3, 0.4) is 0 Å². The van der Waals surface area contributed by atoms with E-state index in [1.165, 1.54) is 0 Å². The van der Waals surface area contributed by atoms with Crippen molar-refractivity contribution >= 4 is 38.3 Å². The van der Waals surface area contributed by atoms with Gasteiger partial charge in [-0.15, -0.1) is 0 Å². The topological polar surface area (TPSA) is 54.5 Å². The summed E-state index contributed by atoms with van der Waals surface area (Å²) < 4.78 is 23.6. The van der Waals surface area contributed by atoms with Gasteiger partial charge >= 0.3 is 0 Å². The van der Waals surface area contributed by atoms with E-state index in [-0.39, 0.29) is 17.4 Å². The van der Waals surface area contributed by atoms with Crippen LogP contribution in [0.1, 0.15) is 10.4 Å². The Hall–Kier alpha value is -0.630. The van der Waals surface area contributed by atoms with Gasteiger partial charge in [-0.25, -0.2) is 8.42 Å². The summed E-state index contributed by atoms with van der Waals surface area (Å²) in [5.74, 6) is 0.0583. The molecule has 1 amide bonds. The first-order valence-corrected chi connectivity index (χ1v) is 8.13. The van der Waals surface area contributed by atoms with E-state index >= 15 is 0 Å². The lowest BCUT2D eigenvalue weighted by Crippen LogP contribution is -2.43. The SMILES string of the molecule is O=C(c1ccc(I)cc1)N1CCS(=O)(=O)CC1. The third kappa shape index (κ3) is 3.19. The Morgan fingerprint density at radius 3 is 2.18 bits per heavy atom. The fourth-order valence-corrected chi connectivity index (χ4v) is 3.25. The van der Waals surface area contributed by atoms with Crippen molar-refractivity contribution in [2.45, 2.75) is 0 Å². The van der Waals surface area contributed by atoms with Gasteiger partial charge in [0.2, 0.25) is 0 Å². The molecule has 17 heavy (non-hydrogen) atoms. The highest BCUT2D eigenvalue weighted by Gasteiger charge is 2.25. The Bertz CT molecular complexity index is 510. The molecular formula is C11H12INO3S. The summed E-state index contributed by atoms with van der Waals surface area (Å²) in [6.07, 6.45) is 0. The van der Waals surface area contributed by atoms with Crippen molar-refractivity contribution in [3.8, 4) is 0 Å². The second kappa shape index (κ2) is 4.93. The molecule has 0 aliphatic carbocycles. The normalized spacial score (nSPS) is 19.0. The summed E-state index contributed by atoms with van der Waals surface area (Å²) in [5.41, 5.74) is 0.615. The minimum Gasteiger partial charge on any atom is -0.337 e. The van der Waals surface area contributed by atoms with Crippen LogP contribution in [-0.4, -0.2) is 43.8 Å². The molecule has 6 heteroatoms. The van der Waals surface area contributed by atoms with Crippen molar-refractivity contribution in [2.75, 3.05) is 24.6 Å². The molecule has 1 heterocycles. The zero-order valence-corrected chi connectivity index (χ0v) is 12.1. The number of hydrogen-bond donors (Lipinski definition) is 0. The molecule has 1 aromatic carbocycles. The predicted octanol–water partition coefficient (Wildman–Crippen LogP) is 1.16. The smallest absolute Gasteiger partial charge is 0.253 e. The molecule has 1 aliphatic heterocycles. The molecule has 0 spiro atoms. The summed E-state index contributed by atoms with van der Waals surface area (Å²) in [4.78, 5) is 13.7. The molecule has 0 bridgehead atoms. The third-order valence-electron chi connectivity index (χ3n) is 2.72. The average molecular weight is 365 g/mol. The second-order valence-electron chi connectivity index (χ2n) is 3.95. The van der Waals surface area contributed by atoms with Crippen molar-refractivity contribution in [1.29, 1.82) is 0 Å². The Morgan fingerprint density at radius 2 is 1.65 bits per heavy atom. The minimum atomic E-state index is -2.93. The summed E-state index contributed by atoms with van der Waals surface area (Å²) in [6, 6.07) is 7.28. The van der Waals surface area contributed by atoms with Crippen LogP contribution in [0.25, 0.3) is 0 Å². The van der Waals surface area contributed by atoms with Gasteiger partial charge in [-0.05, 0) is 46.9 Å². The molecular weight excluding hydrogens is 353 g/mol. The van der Waals surface area contributed by atoms with Crippen LogP contribution in [0.15, 0.2) is 24.3 Å². The molecule has 1 aliphatic rings. The number of benzene rings is 1. The maximum absolute atomic E-state index is 12.1. The maximum atomic E-state index is 12.1. The lowest BCUT2D eigenvalue weighted by atomic mass is 10.2. The number of halogens is 1. The minimum absolute atomic E-state index is 0.0725. The molecule has 1 fully saturated rings. The summed E-state index contributed by atoms with van der Waals surface area (Å²) in [6.45, 7) is 0.598. The zero-order chi connectivity index (χ0) is 12.5. The summed E-state index contributed by atoms with van der Waals surface area (Å²) in [5, 5.41) is 0. The number of nitrogens with zero attached hydrogens (tertiary/aromatic N) is 1. The monoisotopic (exact) mass is 365 g/mol. The van der Waals surface area contributed by atoms with Crippen molar-refractivity contribution in [3.05, 3.63) is 33.4 Å². The number of carbonyl (C=O) groups is 1. The van der Waals surface area contributed by atoms with Gasteiger partial charge in [-0.2, -0.15) is 0 Å². The molecule has 1 aromatic rings. The van der Waals surface area contributed by atoms with Crippen LogP contribution in [0, 0.1) is 3.57 Å². The largest absolute Gasteiger partial charge is 0.337 e. The standard InChI is InChI=1S/C11H12INO3S/c12-10-3-1-9(2-4-10)11(14)13-5-7-17(15,16)8-6-13/h1-4H,5-8H2. The van der Waals surface area contributed by atoms with E-state index in [9.17, 15) is 13.2 Å². The highest BCUT2D eigenvalue weighted by atomic mass is 127. The van der Waals surface area contributed by atoms with E-state index in [1.807, 2.05) is 12.1 Å². The lowest BCUT2D eigenvalue weighted by molar-refractivity contribution is 0.0770. The van der Waals surface area contributed by atoms with Crippen molar-refractivity contribution in [2.24, 2.45) is 0 Å². The van der Waals surface area contributed by atoms with Gasteiger partial charge in [0.25, 0.3) is 5.91 Å². The first-order valence-electron chi connectivity index (χ1n) is 5.23. The third-order valence-corrected chi connectivity index (χ3v) is 5.05. The summed E-state index contributed by atoms with van der Waals surface area (Å²) in [7, 11) is -2.93. The van der Waals surface area contributed by atoms with Crippen LogP contribution in [0.4, 0.5) is 0 Å². The first-order chi connectivity index (χ1) is 7.98. The number of hydrogen-bond acceptors (Lipinski definition) is 3.